The molecule has 172 valence electrons. The Morgan fingerprint density at radius 1 is 1.06 bits per heavy atom. The molecule has 0 aromatic heterocycles. The maximum Gasteiger partial charge on any atom is 0.271 e. The fraction of sp³-hybridized carbons (Fsp3) is 0.200. The van der Waals surface area contributed by atoms with Crippen LogP contribution in [0.25, 0.3) is 0 Å². The number of benzene rings is 3. The standard InChI is InChI=1S/C25H24BrClN2O4/c1-3-12-32-23-11-9-18(14-24(23)31-2)25(30)29-28-15-17-8-10-22(20(26)13-17)33-16-19-6-4-5-7-21(19)27/h4-11,13-15H,3,12,16H2,1-2H3,(H,29,30)/b28-15+. The number of carbonyl (C=O) groups excluding carboxylic acids is 1. The molecule has 0 unspecified atom stereocenters. The average molecular weight is 532 g/mol. The summed E-state index contributed by atoms with van der Waals surface area (Å²) >= 11 is 9.67. The van der Waals surface area contributed by atoms with Crippen LogP contribution >= 0.6 is 27.5 Å². The number of methoxy groups -OCH3 is 1. The summed E-state index contributed by atoms with van der Waals surface area (Å²) in [5.74, 6) is 1.41. The van der Waals surface area contributed by atoms with Crippen molar-refractivity contribution in [2.45, 2.75) is 20.0 Å². The van der Waals surface area contributed by atoms with E-state index >= 15 is 0 Å². The number of hydrazone groups is 1. The minimum atomic E-state index is -0.356. The van der Waals surface area contributed by atoms with E-state index in [4.69, 9.17) is 25.8 Å². The lowest BCUT2D eigenvalue weighted by Crippen LogP contribution is -2.17. The molecular formula is C25H24BrClN2O4. The first-order chi connectivity index (χ1) is 16.0. The third kappa shape index (κ3) is 6.97. The second-order valence-electron chi connectivity index (χ2n) is 6.98. The minimum Gasteiger partial charge on any atom is -0.493 e. The number of hydrogen-bond donors (Lipinski definition) is 1. The summed E-state index contributed by atoms with van der Waals surface area (Å²) in [6, 6.07) is 18.1. The van der Waals surface area contributed by atoms with Crippen LogP contribution in [0, 0.1) is 0 Å². The van der Waals surface area contributed by atoms with Crippen molar-refractivity contribution in [2.75, 3.05) is 13.7 Å². The molecule has 0 fully saturated rings. The van der Waals surface area contributed by atoms with Crippen molar-refractivity contribution in [3.05, 3.63) is 86.8 Å². The van der Waals surface area contributed by atoms with Crippen LogP contribution in [0.3, 0.4) is 0 Å². The Kier molecular flexibility index (Phi) is 9.15. The lowest BCUT2D eigenvalue weighted by molar-refractivity contribution is 0.0954. The average Bonchev–Trinajstić information content (AvgIpc) is 2.83. The summed E-state index contributed by atoms with van der Waals surface area (Å²) in [4.78, 5) is 12.4. The number of ether oxygens (including phenoxy) is 3. The van der Waals surface area contributed by atoms with E-state index in [1.807, 2.05) is 49.4 Å². The monoisotopic (exact) mass is 530 g/mol. The van der Waals surface area contributed by atoms with Crippen LogP contribution in [0.4, 0.5) is 0 Å². The molecule has 6 nitrogen and oxygen atoms in total. The van der Waals surface area contributed by atoms with Crippen LogP contribution in [0.15, 0.2) is 70.2 Å². The van der Waals surface area contributed by atoms with Gasteiger partial charge in [0.25, 0.3) is 5.91 Å². The maximum atomic E-state index is 12.4. The quantitative estimate of drug-likeness (QED) is 0.248. The van der Waals surface area contributed by atoms with Crippen LogP contribution in [-0.4, -0.2) is 25.8 Å². The zero-order valence-electron chi connectivity index (χ0n) is 18.3. The van der Waals surface area contributed by atoms with Gasteiger partial charge in [-0.3, -0.25) is 4.79 Å². The zero-order valence-corrected chi connectivity index (χ0v) is 20.7. The molecule has 0 spiro atoms. The first kappa shape index (κ1) is 24.6. The third-order valence-corrected chi connectivity index (χ3v) is 5.55. The van der Waals surface area contributed by atoms with Crippen LogP contribution in [0.5, 0.6) is 17.2 Å². The molecule has 0 aliphatic heterocycles. The molecule has 0 radical (unpaired) electrons. The molecule has 0 bridgehead atoms. The molecule has 0 saturated heterocycles. The largest absolute Gasteiger partial charge is 0.493 e. The van der Waals surface area contributed by atoms with Crippen LogP contribution in [0.2, 0.25) is 5.02 Å². The summed E-state index contributed by atoms with van der Waals surface area (Å²) < 4.78 is 17.5. The predicted octanol–water partition coefficient (Wildman–Crippen LogP) is 6.24. The highest BCUT2D eigenvalue weighted by Gasteiger charge is 2.11. The smallest absolute Gasteiger partial charge is 0.271 e. The van der Waals surface area contributed by atoms with Crippen LogP contribution < -0.4 is 19.6 Å². The number of rotatable bonds is 10. The molecule has 3 aromatic rings. The first-order valence-electron chi connectivity index (χ1n) is 10.3. The summed E-state index contributed by atoms with van der Waals surface area (Å²) in [6.45, 7) is 2.95. The summed E-state index contributed by atoms with van der Waals surface area (Å²) in [5.41, 5.74) is 4.62. The van der Waals surface area contributed by atoms with E-state index in [1.165, 1.54) is 7.11 Å². The minimum absolute atomic E-state index is 0.355. The number of carbonyl (C=O) groups is 1. The van der Waals surface area contributed by atoms with E-state index in [1.54, 1.807) is 24.4 Å². The maximum absolute atomic E-state index is 12.4. The molecule has 0 heterocycles. The van der Waals surface area contributed by atoms with Crippen LogP contribution in [-0.2, 0) is 6.61 Å². The van der Waals surface area contributed by atoms with Gasteiger partial charge in [0.05, 0.1) is 24.4 Å². The topological polar surface area (TPSA) is 69.2 Å². The van der Waals surface area contributed by atoms with Crippen molar-refractivity contribution < 1.29 is 19.0 Å². The van der Waals surface area contributed by atoms with Gasteiger partial charge in [-0.15, -0.1) is 0 Å². The highest BCUT2D eigenvalue weighted by molar-refractivity contribution is 9.10. The number of nitrogens with zero attached hydrogens (tertiary/aromatic N) is 1. The van der Waals surface area contributed by atoms with E-state index in [-0.39, 0.29) is 5.91 Å². The zero-order chi connectivity index (χ0) is 23.6. The van der Waals surface area contributed by atoms with Gasteiger partial charge in [-0.2, -0.15) is 5.10 Å². The van der Waals surface area contributed by atoms with Gasteiger partial charge in [0.15, 0.2) is 11.5 Å². The molecule has 33 heavy (non-hydrogen) atoms. The van der Waals surface area contributed by atoms with E-state index in [0.717, 1.165) is 22.0 Å². The van der Waals surface area contributed by atoms with Crippen LogP contribution in [0.1, 0.15) is 34.8 Å². The molecule has 0 aliphatic rings. The number of amides is 1. The van der Waals surface area contributed by atoms with E-state index in [2.05, 4.69) is 26.5 Å². The van der Waals surface area contributed by atoms with Gasteiger partial charge in [0, 0.05) is 16.1 Å². The number of nitrogens with one attached hydrogen (secondary N) is 1. The Labute approximate surface area is 206 Å². The SMILES string of the molecule is CCCOc1ccc(C(=O)N/N=C/c2ccc(OCc3ccccc3Cl)c(Br)c2)cc1OC. The van der Waals surface area contributed by atoms with E-state index in [0.29, 0.717) is 41.0 Å². The number of halogens is 2. The molecular weight excluding hydrogens is 508 g/mol. The molecule has 0 atom stereocenters. The highest BCUT2D eigenvalue weighted by atomic mass is 79.9. The van der Waals surface area contributed by atoms with Gasteiger partial charge in [-0.1, -0.05) is 36.7 Å². The van der Waals surface area contributed by atoms with Gasteiger partial charge >= 0.3 is 0 Å². The van der Waals surface area contributed by atoms with Crippen molar-refractivity contribution in [1.29, 1.82) is 0 Å². The second kappa shape index (κ2) is 12.3. The Hall–Kier alpha value is -3.03. The van der Waals surface area contributed by atoms with Gasteiger partial charge < -0.3 is 14.2 Å². The van der Waals surface area contributed by atoms with Gasteiger partial charge in [-0.05, 0) is 70.4 Å². The van der Waals surface area contributed by atoms with Crippen molar-refractivity contribution in [3.8, 4) is 17.2 Å². The Morgan fingerprint density at radius 3 is 2.58 bits per heavy atom. The molecule has 1 amide bonds. The molecule has 1 N–H and O–H groups in total. The van der Waals surface area contributed by atoms with E-state index in [9.17, 15) is 4.79 Å². The highest BCUT2D eigenvalue weighted by Crippen LogP contribution is 2.29. The van der Waals surface area contributed by atoms with E-state index < -0.39 is 0 Å². The normalized spacial score (nSPS) is 10.8. The Bertz CT molecular complexity index is 1140. The number of hydrogen-bond acceptors (Lipinski definition) is 5. The van der Waals surface area contributed by atoms with Gasteiger partial charge in [-0.25, -0.2) is 5.43 Å². The lowest BCUT2D eigenvalue weighted by Gasteiger charge is -2.11. The van der Waals surface area contributed by atoms with Crippen molar-refractivity contribution in [2.24, 2.45) is 5.10 Å². The fourth-order valence-corrected chi connectivity index (χ4v) is 3.56. The predicted molar refractivity (Wildman–Crippen MR) is 134 cm³/mol. The van der Waals surface area contributed by atoms with Crippen molar-refractivity contribution in [1.82, 2.24) is 5.43 Å². The molecule has 3 aromatic carbocycles. The van der Waals surface area contributed by atoms with Crippen molar-refractivity contribution in [3.63, 3.8) is 0 Å². The van der Waals surface area contributed by atoms with Gasteiger partial charge in [0.2, 0.25) is 0 Å². The van der Waals surface area contributed by atoms with Gasteiger partial charge in [0.1, 0.15) is 12.4 Å². The molecule has 0 aliphatic carbocycles. The Morgan fingerprint density at radius 2 is 1.85 bits per heavy atom. The Balaban J connectivity index is 1.59. The summed E-state index contributed by atoms with van der Waals surface area (Å²) in [5, 5.41) is 4.71. The summed E-state index contributed by atoms with van der Waals surface area (Å²) in [7, 11) is 1.54. The van der Waals surface area contributed by atoms with Crippen molar-refractivity contribution >= 4 is 39.7 Å². The summed E-state index contributed by atoms with van der Waals surface area (Å²) in [6.07, 6.45) is 2.43. The lowest BCUT2D eigenvalue weighted by atomic mass is 10.2. The fourth-order valence-electron chi connectivity index (χ4n) is 2.86. The molecule has 3 rings (SSSR count). The second-order valence-corrected chi connectivity index (χ2v) is 8.24. The molecule has 8 heteroatoms. The molecule has 0 saturated carbocycles. The third-order valence-electron chi connectivity index (χ3n) is 4.56. The first-order valence-corrected chi connectivity index (χ1v) is 11.5.